The van der Waals surface area contributed by atoms with E-state index in [1.807, 2.05) is 31.2 Å². The van der Waals surface area contributed by atoms with E-state index in [4.69, 9.17) is 0 Å². The molecule has 1 heterocycles. The van der Waals surface area contributed by atoms with Crippen LogP contribution in [0.15, 0.2) is 66.9 Å². The molecule has 0 bridgehead atoms. The van der Waals surface area contributed by atoms with Gasteiger partial charge in [-0.2, -0.15) is 0 Å². The molecule has 0 aliphatic rings. The maximum absolute atomic E-state index is 13.6. The smallest absolute Gasteiger partial charge is 0.255 e. The van der Waals surface area contributed by atoms with Gasteiger partial charge in [0.05, 0.1) is 11.9 Å². The summed E-state index contributed by atoms with van der Waals surface area (Å²) in [5, 5.41) is 5.97. The van der Waals surface area contributed by atoms with Gasteiger partial charge < -0.3 is 10.6 Å². The minimum absolute atomic E-state index is 0.171. The van der Waals surface area contributed by atoms with Gasteiger partial charge in [-0.05, 0) is 49.2 Å². The van der Waals surface area contributed by atoms with Crippen LogP contribution in [0, 0.1) is 12.7 Å². The van der Waals surface area contributed by atoms with Gasteiger partial charge in [-0.1, -0.05) is 35.9 Å². The number of carbonyl (C=O) groups is 1. The van der Waals surface area contributed by atoms with Crippen molar-refractivity contribution in [3.8, 4) is 0 Å². The maximum atomic E-state index is 13.6. The molecule has 0 aliphatic heterocycles. The highest BCUT2D eigenvalue weighted by Crippen LogP contribution is 2.13. The number of hydrogen-bond acceptors (Lipinski definition) is 3. The van der Waals surface area contributed by atoms with Gasteiger partial charge in [0, 0.05) is 12.1 Å². The highest BCUT2D eigenvalue weighted by molar-refractivity contribution is 6.04. The number of anilines is 2. The molecule has 0 spiro atoms. The summed E-state index contributed by atoms with van der Waals surface area (Å²) in [5.74, 6) is 0.308. The van der Waals surface area contributed by atoms with E-state index in [0.717, 1.165) is 5.56 Å². The van der Waals surface area contributed by atoms with Crippen LogP contribution in [0.25, 0.3) is 0 Å². The standard InChI is InChI=1S/C21H20FN3O/c1-15-5-4-7-17(13-15)21(26)25-18-9-10-20(24-14-18)23-12-11-16-6-2-3-8-19(16)22/h2-10,13-14H,11-12H2,1H3,(H,23,24)(H,25,26). The molecule has 3 aromatic rings. The molecule has 5 heteroatoms. The summed E-state index contributed by atoms with van der Waals surface area (Å²) in [4.78, 5) is 16.5. The molecular weight excluding hydrogens is 329 g/mol. The van der Waals surface area contributed by atoms with Gasteiger partial charge in [0.2, 0.25) is 0 Å². The number of pyridine rings is 1. The van der Waals surface area contributed by atoms with E-state index < -0.39 is 0 Å². The van der Waals surface area contributed by atoms with Crippen molar-refractivity contribution < 1.29 is 9.18 Å². The van der Waals surface area contributed by atoms with E-state index in [1.165, 1.54) is 6.07 Å². The number of nitrogens with one attached hydrogen (secondary N) is 2. The summed E-state index contributed by atoms with van der Waals surface area (Å²) in [5.41, 5.74) is 2.93. The highest BCUT2D eigenvalue weighted by Gasteiger charge is 2.06. The molecule has 3 rings (SSSR count). The molecule has 0 saturated carbocycles. The van der Waals surface area contributed by atoms with E-state index >= 15 is 0 Å². The van der Waals surface area contributed by atoms with Gasteiger partial charge in [0.1, 0.15) is 11.6 Å². The second kappa shape index (κ2) is 8.25. The first-order chi connectivity index (χ1) is 12.6. The lowest BCUT2D eigenvalue weighted by atomic mass is 10.1. The van der Waals surface area contributed by atoms with Crippen LogP contribution in [0.5, 0.6) is 0 Å². The largest absolute Gasteiger partial charge is 0.370 e. The van der Waals surface area contributed by atoms with Crippen LogP contribution in [0.4, 0.5) is 15.9 Å². The van der Waals surface area contributed by atoms with Crippen LogP contribution in [0.1, 0.15) is 21.5 Å². The third kappa shape index (κ3) is 4.66. The molecule has 0 atom stereocenters. The fourth-order valence-corrected chi connectivity index (χ4v) is 2.59. The Hall–Kier alpha value is -3.21. The van der Waals surface area contributed by atoms with Crippen molar-refractivity contribution in [3.63, 3.8) is 0 Å². The minimum Gasteiger partial charge on any atom is -0.370 e. The average Bonchev–Trinajstić information content (AvgIpc) is 2.65. The fourth-order valence-electron chi connectivity index (χ4n) is 2.59. The Labute approximate surface area is 152 Å². The number of aromatic nitrogens is 1. The second-order valence-electron chi connectivity index (χ2n) is 6.02. The molecule has 0 aliphatic carbocycles. The normalized spacial score (nSPS) is 10.4. The van der Waals surface area contributed by atoms with E-state index in [9.17, 15) is 9.18 Å². The van der Waals surface area contributed by atoms with E-state index in [0.29, 0.717) is 35.6 Å². The van der Waals surface area contributed by atoms with Crippen molar-refractivity contribution >= 4 is 17.4 Å². The van der Waals surface area contributed by atoms with E-state index in [2.05, 4.69) is 15.6 Å². The van der Waals surface area contributed by atoms with Crippen molar-refractivity contribution in [1.29, 1.82) is 0 Å². The van der Waals surface area contributed by atoms with Crippen molar-refractivity contribution in [2.75, 3.05) is 17.2 Å². The molecule has 132 valence electrons. The molecule has 1 amide bonds. The highest BCUT2D eigenvalue weighted by atomic mass is 19.1. The first kappa shape index (κ1) is 17.6. The molecule has 0 unspecified atom stereocenters. The first-order valence-electron chi connectivity index (χ1n) is 8.43. The maximum Gasteiger partial charge on any atom is 0.255 e. The average molecular weight is 349 g/mol. The van der Waals surface area contributed by atoms with Crippen LogP contribution in [0.3, 0.4) is 0 Å². The number of halogens is 1. The Bertz CT molecular complexity index is 894. The molecule has 0 radical (unpaired) electrons. The van der Waals surface area contributed by atoms with Crippen molar-refractivity contribution in [2.45, 2.75) is 13.3 Å². The van der Waals surface area contributed by atoms with Crippen LogP contribution in [-0.4, -0.2) is 17.4 Å². The number of amides is 1. The molecule has 0 fully saturated rings. The number of hydrogen-bond donors (Lipinski definition) is 2. The predicted octanol–water partition coefficient (Wildman–Crippen LogP) is 4.44. The molecule has 4 nitrogen and oxygen atoms in total. The topological polar surface area (TPSA) is 54.0 Å². The van der Waals surface area contributed by atoms with Gasteiger partial charge in [0.25, 0.3) is 5.91 Å². The molecule has 2 N–H and O–H groups in total. The lowest BCUT2D eigenvalue weighted by Crippen LogP contribution is -2.12. The van der Waals surface area contributed by atoms with E-state index in [1.54, 1.807) is 36.5 Å². The fraction of sp³-hybridized carbons (Fsp3) is 0.143. The summed E-state index contributed by atoms with van der Waals surface area (Å²) in [7, 11) is 0. The van der Waals surface area contributed by atoms with Gasteiger partial charge in [0.15, 0.2) is 0 Å². The monoisotopic (exact) mass is 349 g/mol. The summed E-state index contributed by atoms with van der Waals surface area (Å²) in [6.07, 6.45) is 2.17. The number of carbonyl (C=O) groups excluding carboxylic acids is 1. The van der Waals surface area contributed by atoms with Gasteiger partial charge >= 0.3 is 0 Å². The number of nitrogens with zero attached hydrogens (tertiary/aromatic N) is 1. The third-order valence-corrected chi connectivity index (χ3v) is 3.96. The summed E-state index contributed by atoms with van der Waals surface area (Å²) < 4.78 is 13.6. The summed E-state index contributed by atoms with van der Waals surface area (Å²) in [6.45, 7) is 2.52. The lowest BCUT2D eigenvalue weighted by molar-refractivity contribution is 0.102. The number of aryl methyl sites for hydroxylation is 1. The van der Waals surface area contributed by atoms with Crippen molar-refractivity contribution in [2.24, 2.45) is 0 Å². The molecule has 26 heavy (non-hydrogen) atoms. The SMILES string of the molecule is Cc1cccc(C(=O)Nc2ccc(NCCc3ccccc3F)nc2)c1. The number of benzene rings is 2. The molecule has 0 saturated heterocycles. The van der Waals surface area contributed by atoms with E-state index in [-0.39, 0.29) is 11.7 Å². The van der Waals surface area contributed by atoms with Crippen LogP contribution >= 0.6 is 0 Å². The van der Waals surface area contributed by atoms with Gasteiger partial charge in [-0.15, -0.1) is 0 Å². The Balaban J connectivity index is 1.53. The molecular formula is C21H20FN3O. The van der Waals surface area contributed by atoms with Crippen LogP contribution < -0.4 is 10.6 Å². The van der Waals surface area contributed by atoms with Crippen LogP contribution in [-0.2, 0) is 6.42 Å². The predicted molar refractivity (Wildman–Crippen MR) is 102 cm³/mol. The zero-order valence-electron chi connectivity index (χ0n) is 14.5. The third-order valence-electron chi connectivity index (χ3n) is 3.96. The van der Waals surface area contributed by atoms with Crippen molar-refractivity contribution in [3.05, 3.63) is 89.4 Å². The van der Waals surface area contributed by atoms with Gasteiger partial charge in [-0.25, -0.2) is 9.37 Å². The number of rotatable bonds is 6. The zero-order valence-corrected chi connectivity index (χ0v) is 14.5. The van der Waals surface area contributed by atoms with Gasteiger partial charge in [-0.3, -0.25) is 4.79 Å². The molecule has 2 aromatic carbocycles. The second-order valence-corrected chi connectivity index (χ2v) is 6.02. The summed E-state index contributed by atoms with van der Waals surface area (Å²) >= 11 is 0. The Morgan fingerprint density at radius 2 is 1.92 bits per heavy atom. The lowest BCUT2D eigenvalue weighted by Gasteiger charge is -2.09. The Kier molecular flexibility index (Phi) is 5.59. The van der Waals surface area contributed by atoms with Crippen LogP contribution in [0.2, 0.25) is 0 Å². The first-order valence-corrected chi connectivity index (χ1v) is 8.43. The quantitative estimate of drug-likeness (QED) is 0.692. The van der Waals surface area contributed by atoms with Crippen molar-refractivity contribution in [1.82, 2.24) is 4.98 Å². The zero-order chi connectivity index (χ0) is 18.4. The Morgan fingerprint density at radius 1 is 1.08 bits per heavy atom. The summed E-state index contributed by atoms with van der Waals surface area (Å²) in [6, 6.07) is 17.7. The Morgan fingerprint density at radius 3 is 2.65 bits per heavy atom. The molecule has 1 aromatic heterocycles. The minimum atomic E-state index is -0.198.